The van der Waals surface area contributed by atoms with Crippen molar-refractivity contribution in [2.75, 3.05) is 0 Å². The Morgan fingerprint density at radius 3 is 1.15 bits per heavy atom. The third-order valence-electron chi connectivity index (χ3n) is 18.0. The van der Waals surface area contributed by atoms with E-state index in [0.29, 0.717) is 5.56 Å². The lowest BCUT2D eigenvalue weighted by Crippen LogP contribution is -2.03. The topological polar surface area (TPSA) is 51.5 Å². The Bertz CT molecular complexity index is 5710. The zero-order valence-corrected chi connectivity index (χ0v) is 48.9. The van der Waals surface area contributed by atoms with Crippen molar-refractivity contribution in [3.8, 4) is 78.8 Å². The van der Waals surface area contributed by atoms with E-state index in [1.54, 1.807) is 0 Å². The molecule has 0 radical (unpaired) electrons. The number of hydrogen-bond acceptors (Lipinski definition) is 3. The number of pyridine rings is 1. The first kappa shape index (κ1) is 50.4. The predicted molar refractivity (Wildman–Crippen MR) is 366 cm³/mol. The highest BCUT2D eigenvalue weighted by molar-refractivity contribution is 7.26. The summed E-state index contributed by atoms with van der Waals surface area (Å²) < 4.78 is 9.55. The summed E-state index contributed by atoms with van der Waals surface area (Å²) in [6, 6.07) is 96.2. The molecule has 408 valence electrons. The molecule has 87 heavy (non-hydrogen) atoms. The van der Waals surface area contributed by atoms with Gasteiger partial charge in [0.25, 0.3) is 0 Å². The molecular weight excluding hydrogens is 1070 g/mol. The lowest BCUT2D eigenvalue weighted by molar-refractivity contribution is 1.18. The van der Waals surface area contributed by atoms with Gasteiger partial charge in [-0.2, -0.15) is 5.26 Å². The molecular formula is C81H53N5S. The van der Waals surface area contributed by atoms with E-state index in [4.69, 9.17) is 0 Å². The summed E-state index contributed by atoms with van der Waals surface area (Å²) in [6.45, 7) is 6.49. The second-order valence-electron chi connectivity index (χ2n) is 23.1. The van der Waals surface area contributed by atoms with Crippen molar-refractivity contribution in [3.63, 3.8) is 0 Å². The molecule has 0 bridgehead atoms. The highest BCUT2D eigenvalue weighted by Gasteiger charge is 2.31. The summed E-state index contributed by atoms with van der Waals surface area (Å²) >= 11 is 1.81. The summed E-state index contributed by atoms with van der Waals surface area (Å²) in [4.78, 5) is 4.59. The van der Waals surface area contributed by atoms with Gasteiger partial charge in [0.1, 0.15) is 6.07 Å². The van der Waals surface area contributed by atoms with Crippen LogP contribution in [-0.2, 0) is 0 Å². The number of aryl methyl sites for hydroxylation is 3. The molecule has 0 aliphatic rings. The zero-order valence-electron chi connectivity index (χ0n) is 48.0. The molecule has 0 aliphatic carbocycles. The smallest absolute Gasteiger partial charge is 0.100 e. The lowest BCUT2D eigenvalue weighted by atomic mass is 9.75. The van der Waals surface area contributed by atoms with Crippen molar-refractivity contribution >= 4 is 96.9 Å². The van der Waals surface area contributed by atoms with Crippen LogP contribution >= 0.6 is 11.3 Å². The molecule has 0 spiro atoms. The average molecular weight is 1130 g/mol. The summed E-state index contributed by atoms with van der Waals surface area (Å²) in [5.74, 6) is 0. The Balaban J connectivity index is 0.997. The molecule has 5 aromatic heterocycles. The summed E-state index contributed by atoms with van der Waals surface area (Å²) in [5.41, 5.74) is 24.0. The zero-order chi connectivity index (χ0) is 58.0. The van der Waals surface area contributed by atoms with Gasteiger partial charge in [-0.15, -0.1) is 11.3 Å². The third kappa shape index (κ3) is 7.80. The minimum Gasteiger partial charge on any atom is -0.309 e. The van der Waals surface area contributed by atoms with Crippen molar-refractivity contribution < 1.29 is 0 Å². The van der Waals surface area contributed by atoms with Gasteiger partial charge in [-0.1, -0.05) is 156 Å². The first-order chi connectivity index (χ1) is 42.9. The number of para-hydroxylation sites is 3. The fourth-order valence-corrected chi connectivity index (χ4v) is 15.3. The van der Waals surface area contributed by atoms with Crippen molar-refractivity contribution in [2.24, 2.45) is 0 Å². The van der Waals surface area contributed by atoms with Crippen LogP contribution in [0.25, 0.3) is 158 Å². The standard InChI is InChI=1S/C81H53N5S/c1-49-23-38-71-64(45-49)59-13-4-8-18-68(59)84(71)56-32-26-52(27-33-56)76-67(48-82)77(55-41-43-83-44-42-55)81(63-17-12-22-75-80(63)62-16-7-11-21-74(62)87-75)79(54-30-36-58(37-31-54)86-70-20-10-6-15-61(70)66-47-51(3)25-40-73(66)86)78(76)53-28-34-57(35-29-53)85-69-19-9-5-14-60(69)65-46-50(2)24-39-72(65)85/h4-47H,1-3H3. The molecule has 0 saturated carbocycles. The summed E-state index contributed by atoms with van der Waals surface area (Å²) in [5, 5.41) is 22.1. The molecule has 0 fully saturated rings. The summed E-state index contributed by atoms with van der Waals surface area (Å²) in [6.07, 6.45) is 3.71. The van der Waals surface area contributed by atoms with Crippen LogP contribution in [0, 0.1) is 32.1 Å². The number of benzene rings is 12. The van der Waals surface area contributed by atoms with Crippen LogP contribution in [-0.4, -0.2) is 18.7 Å². The highest BCUT2D eigenvalue weighted by atomic mass is 32.1. The summed E-state index contributed by atoms with van der Waals surface area (Å²) in [7, 11) is 0. The number of thiophene rings is 1. The minimum atomic E-state index is 0.589. The molecule has 12 aromatic carbocycles. The van der Waals surface area contributed by atoms with E-state index in [9.17, 15) is 5.26 Å². The van der Waals surface area contributed by atoms with Gasteiger partial charge in [-0.25, -0.2) is 0 Å². The molecule has 0 atom stereocenters. The fourth-order valence-electron chi connectivity index (χ4n) is 14.2. The van der Waals surface area contributed by atoms with Crippen LogP contribution in [0.3, 0.4) is 0 Å². The Kier molecular flexibility index (Phi) is 11.4. The first-order valence-electron chi connectivity index (χ1n) is 29.6. The van der Waals surface area contributed by atoms with E-state index in [1.165, 1.54) is 63.8 Å². The molecule has 0 aliphatic heterocycles. The maximum absolute atomic E-state index is 12.4. The second-order valence-corrected chi connectivity index (χ2v) is 24.2. The Hall–Kier alpha value is -11.1. The van der Waals surface area contributed by atoms with Gasteiger partial charge < -0.3 is 13.7 Å². The maximum atomic E-state index is 12.4. The Morgan fingerprint density at radius 1 is 0.322 bits per heavy atom. The number of hydrogen-bond donors (Lipinski definition) is 0. The number of aromatic nitrogens is 4. The van der Waals surface area contributed by atoms with E-state index < -0.39 is 0 Å². The first-order valence-corrected chi connectivity index (χ1v) is 30.5. The third-order valence-corrected chi connectivity index (χ3v) is 19.1. The van der Waals surface area contributed by atoms with Crippen molar-refractivity contribution in [3.05, 3.63) is 289 Å². The molecule has 6 heteroatoms. The van der Waals surface area contributed by atoms with E-state index in [2.05, 4.69) is 300 Å². The molecule has 5 heterocycles. The van der Waals surface area contributed by atoms with Crippen LogP contribution in [0.15, 0.2) is 267 Å². The molecule has 17 rings (SSSR count). The molecule has 0 amide bonds. The Morgan fingerprint density at radius 2 is 0.690 bits per heavy atom. The van der Waals surface area contributed by atoms with Gasteiger partial charge in [-0.05, 0) is 181 Å². The quantitative estimate of drug-likeness (QED) is 0.152. The van der Waals surface area contributed by atoms with Gasteiger partial charge in [0.05, 0.1) is 38.7 Å². The van der Waals surface area contributed by atoms with Gasteiger partial charge >= 0.3 is 0 Å². The average Bonchev–Trinajstić information content (AvgIpc) is 2.02. The molecule has 0 N–H and O–H groups in total. The van der Waals surface area contributed by atoms with Gasteiger partial charge in [-0.3, -0.25) is 4.98 Å². The van der Waals surface area contributed by atoms with Crippen LogP contribution in [0.4, 0.5) is 0 Å². The second kappa shape index (κ2) is 19.8. The van der Waals surface area contributed by atoms with Gasteiger partial charge in [0.2, 0.25) is 0 Å². The van der Waals surface area contributed by atoms with Gasteiger partial charge in [0.15, 0.2) is 0 Å². The van der Waals surface area contributed by atoms with Gasteiger partial charge in [0, 0.05) is 93.1 Å². The van der Waals surface area contributed by atoms with Crippen molar-refractivity contribution in [1.29, 1.82) is 5.26 Å². The molecule has 5 nitrogen and oxygen atoms in total. The van der Waals surface area contributed by atoms with Crippen molar-refractivity contribution in [2.45, 2.75) is 20.8 Å². The molecule has 0 saturated heterocycles. The van der Waals surface area contributed by atoms with E-state index in [1.807, 2.05) is 23.7 Å². The number of nitriles is 1. The van der Waals surface area contributed by atoms with Crippen LogP contribution in [0.2, 0.25) is 0 Å². The molecule has 17 aromatic rings. The normalized spacial score (nSPS) is 11.8. The fraction of sp³-hybridized carbons (Fsp3) is 0.0370. The van der Waals surface area contributed by atoms with E-state index in [-0.39, 0.29) is 0 Å². The monoisotopic (exact) mass is 1130 g/mol. The largest absolute Gasteiger partial charge is 0.309 e. The minimum absolute atomic E-state index is 0.589. The SMILES string of the molecule is Cc1ccc2c(c1)c1ccccc1n2-c1ccc(-c2c(C#N)c(-c3ccncc3)c(-c3cccc4sc5ccccc5c34)c(-c3ccc(-n4c5ccccc5c5cc(C)ccc54)cc3)c2-c2ccc(-n3c4ccccc4c4cc(C)ccc43)cc2)cc1. The lowest BCUT2D eigenvalue weighted by Gasteiger charge is -2.27. The maximum Gasteiger partial charge on any atom is 0.100 e. The number of rotatable bonds is 8. The van der Waals surface area contributed by atoms with E-state index in [0.717, 1.165) is 111 Å². The number of fused-ring (bicyclic) bond motifs is 12. The van der Waals surface area contributed by atoms with Crippen LogP contribution < -0.4 is 0 Å². The Labute approximate surface area is 506 Å². The molecule has 0 unspecified atom stereocenters. The highest BCUT2D eigenvalue weighted by Crippen LogP contribution is 2.55. The number of nitrogens with zero attached hydrogens (tertiary/aromatic N) is 5. The van der Waals surface area contributed by atoms with E-state index >= 15 is 0 Å². The predicted octanol–water partition coefficient (Wildman–Crippen LogP) is 21.9. The van der Waals surface area contributed by atoms with Crippen molar-refractivity contribution in [1.82, 2.24) is 18.7 Å². The van der Waals surface area contributed by atoms with Crippen LogP contribution in [0.5, 0.6) is 0 Å². The van der Waals surface area contributed by atoms with Crippen LogP contribution in [0.1, 0.15) is 22.3 Å².